The minimum Gasteiger partial charge on any atom is -1.00 e. The van der Waals surface area contributed by atoms with Gasteiger partial charge in [0, 0.05) is 22.3 Å². The molecule has 0 radical (unpaired) electrons. The van der Waals surface area contributed by atoms with Crippen molar-refractivity contribution in [2.45, 2.75) is 27.7 Å². The Morgan fingerprint density at radius 1 is 0.481 bits per heavy atom. The molecule has 0 amide bonds. The van der Waals surface area contributed by atoms with E-state index in [0.29, 0.717) is 0 Å². The van der Waals surface area contributed by atoms with Crippen LogP contribution in [0.4, 0.5) is 0 Å². The summed E-state index contributed by atoms with van der Waals surface area (Å²) in [6.07, 6.45) is 0. The summed E-state index contributed by atoms with van der Waals surface area (Å²) in [5.41, 5.74) is 0.704. The average molecular weight is 506 g/mol. The van der Waals surface area contributed by atoms with Gasteiger partial charge in [0.1, 0.15) is 0 Å². The molecule has 0 aromatic rings. The minimum atomic E-state index is -0.935. The van der Waals surface area contributed by atoms with E-state index in [-0.39, 0.29) is 73.3 Å². The normalized spacial score (nSPS) is 6.67. The van der Waals surface area contributed by atoms with Crippen LogP contribution in [-0.2, 0) is 45.4 Å². The number of hydrogen-bond donors (Lipinski definition) is 4. The molecule has 0 aliphatic carbocycles. The Balaban J connectivity index is -0.0000000381. The van der Waals surface area contributed by atoms with Crippen LogP contribution in [0.2, 0.25) is 0 Å². The molecule has 0 bridgehead atoms. The maximum atomic E-state index is 9.60. The number of carboxylic acid groups (broad SMARTS) is 4. The molecule has 4 N–H and O–H groups in total. The van der Waals surface area contributed by atoms with E-state index >= 15 is 0 Å². The predicted molar refractivity (Wildman–Crippen MR) is 89.8 cm³/mol. The minimum absolute atomic E-state index is 0. The van der Waals surface area contributed by atoms with E-state index in [1.807, 2.05) is 0 Å². The van der Waals surface area contributed by atoms with Crippen molar-refractivity contribution in [3.05, 3.63) is 48.6 Å². The fourth-order valence-electron chi connectivity index (χ4n) is 0. The molecular weight excluding hydrogens is 482 g/mol. The van der Waals surface area contributed by atoms with Crippen molar-refractivity contribution in [1.82, 2.24) is 0 Å². The van der Waals surface area contributed by atoms with E-state index in [2.05, 4.69) is 26.3 Å². The van der Waals surface area contributed by atoms with Crippen LogP contribution in [-0.4, -0.2) is 44.3 Å². The van der Waals surface area contributed by atoms with Gasteiger partial charge in [0.15, 0.2) is 0 Å². The van der Waals surface area contributed by atoms with Gasteiger partial charge in [0.25, 0.3) is 0 Å². The Morgan fingerprint density at radius 2 is 0.519 bits per heavy atom. The zero-order chi connectivity index (χ0) is 20.6. The summed E-state index contributed by atoms with van der Waals surface area (Å²) < 4.78 is 0. The maximum Gasteiger partial charge on any atom is 2.00 e. The van der Waals surface area contributed by atoms with Crippen LogP contribution < -0.4 is 24.8 Å². The molecule has 8 nitrogen and oxygen atoms in total. The van der Waals surface area contributed by atoms with E-state index in [1.54, 1.807) is 0 Å². The molecule has 27 heavy (non-hydrogen) atoms. The van der Waals surface area contributed by atoms with Crippen molar-refractivity contribution >= 4 is 23.9 Å². The summed E-state index contributed by atoms with van der Waals surface area (Å²) in [5.74, 6) is -3.74. The SMILES string of the molecule is C=C(C)C(=O)O.C=C(C)C(=O)O.C=C(C)C(=O)O.C=C(C)C(=O)O.[Cl-].[Cl-].[Zr+2]. The zero-order valence-electron chi connectivity index (χ0n) is 15.5. The molecule has 0 rings (SSSR count). The van der Waals surface area contributed by atoms with Gasteiger partial charge in [-0.05, 0) is 27.7 Å². The first-order valence-electron chi connectivity index (χ1n) is 6.13. The van der Waals surface area contributed by atoms with Gasteiger partial charge >= 0.3 is 50.1 Å². The maximum absolute atomic E-state index is 9.60. The van der Waals surface area contributed by atoms with Gasteiger partial charge in [-0.15, -0.1) is 0 Å². The van der Waals surface area contributed by atoms with Crippen molar-refractivity contribution in [2.24, 2.45) is 0 Å². The molecule has 0 atom stereocenters. The third-order valence-electron chi connectivity index (χ3n) is 1.46. The molecule has 0 unspecified atom stereocenters. The third-order valence-corrected chi connectivity index (χ3v) is 1.46. The number of aliphatic carboxylic acids is 4. The number of halogens is 2. The first-order valence-corrected chi connectivity index (χ1v) is 6.13. The molecule has 0 aliphatic rings. The fourth-order valence-corrected chi connectivity index (χ4v) is 0. The van der Waals surface area contributed by atoms with Crippen molar-refractivity contribution < 1.29 is 90.6 Å². The Morgan fingerprint density at radius 3 is 0.519 bits per heavy atom. The Kier molecular flexibility index (Phi) is 43.8. The summed E-state index contributed by atoms with van der Waals surface area (Å²) in [7, 11) is 0. The van der Waals surface area contributed by atoms with Gasteiger partial charge in [0.2, 0.25) is 0 Å². The molecule has 0 aromatic heterocycles. The number of carbonyl (C=O) groups is 4. The van der Waals surface area contributed by atoms with E-state index in [0.717, 1.165) is 0 Å². The average Bonchev–Trinajstić information content (AvgIpc) is 2.40. The second kappa shape index (κ2) is 26.5. The molecule has 0 aliphatic heterocycles. The largest absolute Gasteiger partial charge is 2.00 e. The van der Waals surface area contributed by atoms with E-state index in [4.69, 9.17) is 20.4 Å². The van der Waals surface area contributed by atoms with Gasteiger partial charge < -0.3 is 45.2 Å². The van der Waals surface area contributed by atoms with Crippen molar-refractivity contribution in [2.75, 3.05) is 0 Å². The standard InChI is InChI=1S/4C4H6O2.2ClH.Zr/c4*1-3(2)4(5)6;;;/h4*1H2,2H3,(H,5,6);2*1H;/q;;;;;;+2/p-2. The summed E-state index contributed by atoms with van der Waals surface area (Å²) in [5, 5.41) is 31.6. The molecule has 154 valence electrons. The molecular formula is C16H24Cl2O8Zr. The van der Waals surface area contributed by atoms with Gasteiger partial charge in [-0.3, -0.25) is 0 Å². The van der Waals surface area contributed by atoms with Crippen LogP contribution in [0.3, 0.4) is 0 Å². The third kappa shape index (κ3) is 59.1. The molecule has 0 saturated carbocycles. The Hall–Kier alpha value is -1.70. The fraction of sp³-hybridized carbons (Fsp3) is 0.250. The molecule has 0 spiro atoms. The van der Waals surface area contributed by atoms with E-state index < -0.39 is 23.9 Å². The van der Waals surface area contributed by atoms with Crippen LogP contribution in [0.1, 0.15) is 27.7 Å². The number of rotatable bonds is 4. The number of hydrogen-bond acceptors (Lipinski definition) is 4. The molecule has 0 aromatic carbocycles. The first kappa shape index (κ1) is 44.6. The van der Waals surface area contributed by atoms with Crippen LogP contribution in [0.5, 0.6) is 0 Å². The molecule has 0 saturated heterocycles. The van der Waals surface area contributed by atoms with E-state index in [9.17, 15) is 19.2 Å². The first-order chi connectivity index (χ1) is 10.6. The van der Waals surface area contributed by atoms with Crippen LogP contribution in [0.15, 0.2) is 48.6 Å². The monoisotopic (exact) mass is 504 g/mol. The summed E-state index contributed by atoms with van der Waals surface area (Å²) >= 11 is 0. The molecule has 0 heterocycles. The summed E-state index contributed by atoms with van der Waals surface area (Å²) in [6, 6.07) is 0. The van der Waals surface area contributed by atoms with Crippen molar-refractivity contribution in [1.29, 1.82) is 0 Å². The van der Waals surface area contributed by atoms with Crippen molar-refractivity contribution in [3.8, 4) is 0 Å². The van der Waals surface area contributed by atoms with Gasteiger partial charge in [-0.2, -0.15) is 0 Å². The van der Waals surface area contributed by atoms with Crippen LogP contribution in [0.25, 0.3) is 0 Å². The number of carboxylic acids is 4. The Labute approximate surface area is 190 Å². The van der Waals surface area contributed by atoms with Gasteiger partial charge in [-0.1, -0.05) is 26.3 Å². The van der Waals surface area contributed by atoms with Gasteiger partial charge in [-0.25, -0.2) is 19.2 Å². The second-order valence-corrected chi connectivity index (χ2v) is 4.34. The Bertz CT molecular complexity index is 399. The molecule has 0 fully saturated rings. The summed E-state index contributed by atoms with van der Waals surface area (Å²) in [4.78, 5) is 38.4. The van der Waals surface area contributed by atoms with Crippen molar-refractivity contribution in [3.63, 3.8) is 0 Å². The van der Waals surface area contributed by atoms with Crippen LogP contribution >= 0.6 is 0 Å². The second-order valence-electron chi connectivity index (χ2n) is 4.34. The smallest absolute Gasteiger partial charge is 1.00 e. The van der Waals surface area contributed by atoms with E-state index in [1.165, 1.54) is 27.7 Å². The molecule has 11 heteroatoms. The predicted octanol–water partition coefficient (Wildman–Crippen LogP) is -3.41. The van der Waals surface area contributed by atoms with Crippen LogP contribution in [0, 0.1) is 0 Å². The zero-order valence-corrected chi connectivity index (χ0v) is 19.5. The summed E-state index contributed by atoms with van der Waals surface area (Å²) in [6.45, 7) is 18.4. The van der Waals surface area contributed by atoms with Gasteiger partial charge in [0.05, 0.1) is 0 Å². The topological polar surface area (TPSA) is 149 Å². The quantitative estimate of drug-likeness (QED) is 0.288.